The largest absolute Gasteiger partial charge is 0.394 e. The van der Waals surface area contributed by atoms with Crippen LogP contribution in [0.2, 0.25) is 0 Å². The highest BCUT2D eigenvalue weighted by molar-refractivity contribution is 5.60. The summed E-state index contributed by atoms with van der Waals surface area (Å²) in [6.45, 7) is 3.88. The van der Waals surface area contributed by atoms with E-state index in [1.165, 1.54) is 4.57 Å². The van der Waals surface area contributed by atoms with Gasteiger partial charge in [-0.3, -0.25) is 14.3 Å². The molecule has 17 heavy (non-hydrogen) atoms. The van der Waals surface area contributed by atoms with Crippen molar-refractivity contribution in [2.45, 2.75) is 32.9 Å². The fourth-order valence-corrected chi connectivity index (χ4v) is 1.52. The van der Waals surface area contributed by atoms with E-state index in [9.17, 15) is 9.59 Å². The quantitative estimate of drug-likeness (QED) is 0.546. The molecule has 0 saturated carbocycles. The number of nitrogens with one attached hydrogen (secondary N) is 2. The van der Waals surface area contributed by atoms with Crippen LogP contribution in [-0.4, -0.2) is 27.3 Å². The Kier molecular flexibility index (Phi) is 4.33. The molecule has 0 amide bonds. The van der Waals surface area contributed by atoms with E-state index in [-0.39, 0.29) is 24.2 Å². The number of nitrogens with zero attached hydrogens (tertiary/aromatic N) is 1. The molecule has 0 aliphatic heterocycles. The molecule has 96 valence electrons. The van der Waals surface area contributed by atoms with Crippen molar-refractivity contribution in [3.05, 3.63) is 20.8 Å². The number of hydrogen-bond acceptors (Lipinski definition) is 5. The lowest BCUT2D eigenvalue weighted by molar-refractivity contribution is 0.271. The minimum atomic E-state index is -0.566. The average Bonchev–Trinajstić information content (AvgIpc) is 2.29. The van der Waals surface area contributed by atoms with Crippen molar-refractivity contribution in [1.82, 2.24) is 9.55 Å². The Balaban J connectivity index is 3.24. The lowest BCUT2D eigenvalue weighted by atomic mass is 10.2. The predicted octanol–water partition coefficient (Wildman–Crippen LogP) is -0.678. The van der Waals surface area contributed by atoms with Gasteiger partial charge in [-0.05, 0) is 13.3 Å². The molecule has 0 saturated heterocycles. The van der Waals surface area contributed by atoms with E-state index < -0.39 is 11.2 Å². The third-order valence-electron chi connectivity index (χ3n) is 2.62. The van der Waals surface area contributed by atoms with Gasteiger partial charge in [-0.25, -0.2) is 4.79 Å². The van der Waals surface area contributed by atoms with Crippen LogP contribution in [0.1, 0.15) is 20.3 Å². The smallest absolute Gasteiger partial charge is 0.330 e. The Morgan fingerprint density at radius 2 is 2.12 bits per heavy atom. The summed E-state index contributed by atoms with van der Waals surface area (Å²) in [6, 6.07) is -0.263. The molecule has 5 N–H and O–H groups in total. The molecule has 1 rings (SSSR count). The highest BCUT2D eigenvalue weighted by Gasteiger charge is 2.14. The summed E-state index contributed by atoms with van der Waals surface area (Å²) in [5, 5.41) is 11.9. The van der Waals surface area contributed by atoms with Crippen LogP contribution in [0, 0.1) is 0 Å². The highest BCUT2D eigenvalue weighted by Crippen LogP contribution is 2.11. The zero-order valence-corrected chi connectivity index (χ0v) is 9.99. The molecule has 7 nitrogen and oxygen atoms in total. The lowest BCUT2D eigenvalue weighted by Gasteiger charge is -2.17. The van der Waals surface area contributed by atoms with Crippen molar-refractivity contribution in [2.24, 2.45) is 0 Å². The summed E-state index contributed by atoms with van der Waals surface area (Å²) < 4.78 is 1.26. The first-order valence-electron chi connectivity index (χ1n) is 5.55. The van der Waals surface area contributed by atoms with E-state index in [1.54, 1.807) is 6.92 Å². The summed E-state index contributed by atoms with van der Waals surface area (Å²) in [6.07, 6.45) is 0.640. The molecule has 7 heteroatoms. The van der Waals surface area contributed by atoms with E-state index in [1.807, 2.05) is 6.92 Å². The fourth-order valence-electron chi connectivity index (χ4n) is 1.52. The van der Waals surface area contributed by atoms with Crippen LogP contribution >= 0.6 is 0 Å². The summed E-state index contributed by atoms with van der Waals surface area (Å²) in [5.74, 6) is 0.0909. The zero-order chi connectivity index (χ0) is 13.0. The van der Waals surface area contributed by atoms with Crippen LogP contribution in [0.4, 0.5) is 11.5 Å². The van der Waals surface area contributed by atoms with Crippen LogP contribution in [0.5, 0.6) is 0 Å². The maximum atomic E-state index is 11.6. The monoisotopic (exact) mass is 242 g/mol. The molecule has 1 heterocycles. The minimum absolute atomic E-state index is 0.0909. The molecule has 0 radical (unpaired) electrons. The van der Waals surface area contributed by atoms with Gasteiger partial charge in [0.05, 0.1) is 6.61 Å². The van der Waals surface area contributed by atoms with Crippen molar-refractivity contribution in [1.29, 1.82) is 0 Å². The predicted molar refractivity (Wildman–Crippen MR) is 66.2 cm³/mol. The van der Waals surface area contributed by atoms with E-state index in [0.717, 1.165) is 0 Å². The van der Waals surface area contributed by atoms with Crippen LogP contribution < -0.4 is 22.3 Å². The van der Waals surface area contributed by atoms with Gasteiger partial charge in [-0.15, -0.1) is 0 Å². The van der Waals surface area contributed by atoms with Crippen molar-refractivity contribution in [3.63, 3.8) is 0 Å². The van der Waals surface area contributed by atoms with E-state index in [0.29, 0.717) is 13.0 Å². The zero-order valence-electron chi connectivity index (χ0n) is 9.99. The first-order valence-corrected chi connectivity index (χ1v) is 5.55. The summed E-state index contributed by atoms with van der Waals surface area (Å²) in [4.78, 5) is 25.2. The van der Waals surface area contributed by atoms with Crippen molar-refractivity contribution >= 4 is 11.5 Å². The van der Waals surface area contributed by atoms with Crippen molar-refractivity contribution in [3.8, 4) is 0 Å². The van der Waals surface area contributed by atoms with Crippen LogP contribution in [-0.2, 0) is 6.54 Å². The van der Waals surface area contributed by atoms with Gasteiger partial charge < -0.3 is 16.2 Å². The third kappa shape index (κ3) is 2.68. The molecule has 1 unspecified atom stereocenters. The van der Waals surface area contributed by atoms with Crippen LogP contribution in [0.3, 0.4) is 0 Å². The second-order valence-electron chi connectivity index (χ2n) is 3.70. The van der Waals surface area contributed by atoms with Gasteiger partial charge in [-0.2, -0.15) is 0 Å². The van der Waals surface area contributed by atoms with Gasteiger partial charge in [0.25, 0.3) is 5.56 Å². The van der Waals surface area contributed by atoms with E-state index in [4.69, 9.17) is 10.8 Å². The number of nitrogen functional groups attached to an aromatic ring is 1. The highest BCUT2D eigenvalue weighted by atomic mass is 16.3. The number of H-pyrrole nitrogens is 1. The Morgan fingerprint density at radius 1 is 1.47 bits per heavy atom. The van der Waals surface area contributed by atoms with Gasteiger partial charge in [-0.1, -0.05) is 6.92 Å². The van der Waals surface area contributed by atoms with E-state index >= 15 is 0 Å². The molecule has 0 fully saturated rings. The Morgan fingerprint density at radius 3 is 2.59 bits per heavy atom. The number of hydrogen-bond donors (Lipinski definition) is 4. The first kappa shape index (κ1) is 13.3. The molecule has 0 aliphatic carbocycles. The van der Waals surface area contributed by atoms with Crippen LogP contribution in [0.25, 0.3) is 0 Å². The van der Waals surface area contributed by atoms with Gasteiger partial charge >= 0.3 is 5.69 Å². The average molecular weight is 242 g/mol. The van der Waals surface area contributed by atoms with Crippen LogP contribution in [0.15, 0.2) is 9.59 Å². The Bertz CT molecular complexity index is 487. The van der Waals surface area contributed by atoms with Gasteiger partial charge in [0.1, 0.15) is 11.5 Å². The standard InChI is InChI=1S/C10H18N4O3/c1-3-6(5-15)12-7-8(11)14(4-2)10(17)13-9(7)16/h6,12,15H,3-5,11H2,1-2H3,(H,13,16,17). The number of aromatic amines is 1. The van der Waals surface area contributed by atoms with Crippen molar-refractivity contribution in [2.75, 3.05) is 17.7 Å². The molecular formula is C10H18N4O3. The van der Waals surface area contributed by atoms with Gasteiger partial charge in [0, 0.05) is 12.6 Å². The maximum absolute atomic E-state index is 11.6. The second-order valence-corrected chi connectivity index (χ2v) is 3.70. The van der Waals surface area contributed by atoms with Gasteiger partial charge in [0.15, 0.2) is 0 Å². The van der Waals surface area contributed by atoms with Crippen molar-refractivity contribution < 1.29 is 5.11 Å². The topological polar surface area (TPSA) is 113 Å². The van der Waals surface area contributed by atoms with E-state index in [2.05, 4.69) is 10.3 Å². The molecule has 0 bridgehead atoms. The number of aliphatic hydroxyl groups is 1. The fraction of sp³-hybridized carbons (Fsp3) is 0.600. The lowest BCUT2D eigenvalue weighted by Crippen LogP contribution is -2.36. The minimum Gasteiger partial charge on any atom is -0.394 e. The molecule has 1 aromatic heterocycles. The number of anilines is 2. The third-order valence-corrected chi connectivity index (χ3v) is 2.62. The number of rotatable bonds is 5. The number of nitrogens with two attached hydrogens (primary N) is 1. The van der Waals surface area contributed by atoms with Gasteiger partial charge in [0.2, 0.25) is 0 Å². The molecular weight excluding hydrogens is 224 g/mol. The first-order chi connectivity index (χ1) is 8.04. The second kappa shape index (κ2) is 5.53. The Labute approximate surface area is 98.3 Å². The molecule has 1 aromatic rings. The SMILES string of the molecule is CCC(CO)Nc1c(N)n(CC)c(=O)[nH]c1=O. The summed E-state index contributed by atoms with van der Waals surface area (Å²) >= 11 is 0. The summed E-state index contributed by atoms with van der Waals surface area (Å²) in [5.41, 5.74) is 4.79. The number of aliphatic hydroxyl groups excluding tert-OH is 1. The molecule has 0 spiro atoms. The number of aromatic nitrogens is 2. The summed E-state index contributed by atoms with van der Waals surface area (Å²) in [7, 11) is 0. The maximum Gasteiger partial charge on any atom is 0.330 e. The molecule has 1 atom stereocenters. The molecule has 0 aromatic carbocycles. The normalized spacial score (nSPS) is 12.4. The molecule has 0 aliphatic rings. The Hall–Kier alpha value is -1.76.